The quantitative estimate of drug-likeness (QED) is 0.739. The van der Waals surface area contributed by atoms with Gasteiger partial charge in [-0.25, -0.2) is 4.79 Å². The zero-order valence-electron chi connectivity index (χ0n) is 10.1. The molecule has 2 amide bonds. The molecule has 1 fully saturated rings. The van der Waals surface area contributed by atoms with Crippen LogP contribution in [0.2, 0.25) is 0 Å². The molecule has 0 bridgehead atoms. The van der Waals surface area contributed by atoms with Gasteiger partial charge < -0.3 is 10.6 Å². The lowest BCUT2D eigenvalue weighted by molar-refractivity contribution is 0.199. The van der Waals surface area contributed by atoms with Crippen LogP contribution in [0.5, 0.6) is 0 Å². The fourth-order valence-corrected chi connectivity index (χ4v) is 2.18. The van der Waals surface area contributed by atoms with E-state index in [0.29, 0.717) is 5.41 Å². The van der Waals surface area contributed by atoms with Crippen molar-refractivity contribution < 1.29 is 4.79 Å². The monoisotopic (exact) mass is 212 g/mol. The van der Waals surface area contributed by atoms with Gasteiger partial charge in [0, 0.05) is 13.1 Å². The predicted molar refractivity (Wildman–Crippen MR) is 62.9 cm³/mol. The molecule has 0 saturated heterocycles. The predicted octanol–water partition coefficient (Wildman–Crippen LogP) is 2.67. The van der Waals surface area contributed by atoms with E-state index in [2.05, 4.69) is 24.5 Å². The fraction of sp³-hybridized carbons (Fsp3) is 0.917. The van der Waals surface area contributed by atoms with E-state index in [4.69, 9.17) is 0 Å². The minimum Gasteiger partial charge on any atom is -0.338 e. The van der Waals surface area contributed by atoms with Crippen molar-refractivity contribution in [3.05, 3.63) is 0 Å². The molecule has 0 aliphatic heterocycles. The molecule has 0 atom stereocenters. The molecular formula is C12H24N2O. The number of hydrogen-bond donors (Lipinski definition) is 2. The Morgan fingerprint density at radius 2 is 1.87 bits per heavy atom. The second-order valence-corrected chi connectivity index (χ2v) is 4.98. The standard InChI is InChI=1S/C12H24N2O/c1-3-9-13-11(15)14-10-12(2)7-5-4-6-8-12/h3-10H2,1-2H3,(H2,13,14,15). The summed E-state index contributed by atoms with van der Waals surface area (Å²) in [6.07, 6.45) is 7.48. The van der Waals surface area contributed by atoms with Crippen molar-refractivity contribution in [3.8, 4) is 0 Å². The van der Waals surface area contributed by atoms with Crippen LogP contribution in [0.25, 0.3) is 0 Å². The number of nitrogens with one attached hydrogen (secondary N) is 2. The Hall–Kier alpha value is -0.730. The number of amides is 2. The Bertz CT molecular complexity index is 198. The number of hydrogen-bond acceptors (Lipinski definition) is 1. The van der Waals surface area contributed by atoms with E-state index in [-0.39, 0.29) is 6.03 Å². The van der Waals surface area contributed by atoms with Gasteiger partial charge in [0.2, 0.25) is 0 Å². The first-order valence-corrected chi connectivity index (χ1v) is 6.18. The van der Waals surface area contributed by atoms with E-state index in [9.17, 15) is 4.79 Å². The molecule has 1 rings (SSSR count). The number of rotatable bonds is 4. The van der Waals surface area contributed by atoms with Crippen LogP contribution in [-0.2, 0) is 0 Å². The third-order valence-electron chi connectivity index (χ3n) is 3.27. The molecule has 3 heteroatoms. The summed E-state index contributed by atoms with van der Waals surface area (Å²) in [7, 11) is 0. The summed E-state index contributed by atoms with van der Waals surface area (Å²) in [5.74, 6) is 0. The number of urea groups is 1. The lowest BCUT2D eigenvalue weighted by Gasteiger charge is -2.33. The van der Waals surface area contributed by atoms with Crippen LogP contribution in [-0.4, -0.2) is 19.1 Å². The topological polar surface area (TPSA) is 41.1 Å². The van der Waals surface area contributed by atoms with E-state index >= 15 is 0 Å². The molecule has 15 heavy (non-hydrogen) atoms. The Morgan fingerprint density at radius 3 is 2.47 bits per heavy atom. The molecule has 2 N–H and O–H groups in total. The first-order chi connectivity index (χ1) is 7.16. The van der Waals surface area contributed by atoms with Crippen LogP contribution in [0.4, 0.5) is 4.79 Å². The molecular weight excluding hydrogens is 188 g/mol. The Kier molecular flexibility index (Phi) is 4.92. The highest BCUT2D eigenvalue weighted by Crippen LogP contribution is 2.34. The van der Waals surface area contributed by atoms with Crippen molar-refractivity contribution >= 4 is 6.03 Å². The van der Waals surface area contributed by atoms with Crippen LogP contribution in [0, 0.1) is 5.41 Å². The Morgan fingerprint density at radius 1 is 1.20 bits per heavy atom. The number of carbonyl (C=O) groups excluding carboxylic acids is 1. The van der Waals surface area contributed by atoms with Gasteiger partial charge >= 0.3 is 6.03 Å². The molecule has 0 unspecified atom stereocenters. The van der Waals surface area contributed by atoms with Crippen LogP contribution < -0.4 is 10.6 Å². The average molecular weight is 212 g/mol. The summed E-state index contributed by atoms with van der Waals surface area (Å²) in [5.41, 5.74) is 0.335. The first-order valence-electron chi connectivity index (χ1n) is 6.18. The highest BCUT2D eigenvalue weighted by molar-refractivity contribution is 5.73. The zero-order valence-corrected chi connectivity index (χ0v) is 10.1. The van der Waals surface area contributed by atoms with Gasteiger partial charge in [0.25, 0.3) is 0 Å². The first kappa shape index (κ1) is 12.3. The normalized spacial score (nSPS) is 19.6. The molecule has 0 spiro atoms. The molecule has 88 valence electrons. The van der Waals surface area contributed by atoms with E-state index in [1.54, 1.807) is 0 Å². The van der Waals surface area contributed by atoms with Crippen molar-refractivity contribution in [1.82, 2.24) is 10.6 Å². The summed E-state index contributed by atoms with van der Waals surface area (Å²) < 4.78 is 0. The minimum absolute atomic E-state index is 0.0105. The van der Waals surface area contributed by atoms with Crippen LogP contribution >= 0.6 is 0 Å². The zero-order chi connectivity index (χ0) is 11.1. The van der Waals surface area contributed by atoms with Gasteiger partial charge in [-0.3, -0.25) is 0 Å². The molecule has 1 saturated carbocycles. The van der Waals surface area contributed by atoms with Crippen molar-refractivity contribution in [2.45, 2.75) is 52.4 Å². The lowest BCUT2D eigenvalue weighted by Crippen LogP contribution is -2.42. The van der Waals surface area contributed by atoms with Gasteiger partial charge in [0.1, 0.15) is 0 Å². The van der Waals surface area contributed by atoms with Crippen LogP contribution in [0.15, 0.2) is 0 Å². The van der Waals surface area contributed by atoms with Gasteiger partial charge in [-0.15, -0.1) is 0 Å². The summed E-state index contributed by atoms with van der Waals surface area (Å²) in [6, 6.07) is -0.0105. The lowest BCUT2D eigenvalue weighted by atomic mass is 9.76. The molecule has 0 heterocycles. The Balaban J connectivity index is 2.19. The molecule has 1 aliphatic carbocycles. The third kappa shape index (κ3) is 4.54. The van der Waals surface area contributed by atoms with Crippen LogP contribution in [0.3, 0.4) is 0 Å². The summed E-state index contributed by atoms with van der Waals surface area (Å²) in [6.45, 7) is 5.93. The van der Waals surface area contributed by atoms with E-state index in [1.165, 1.54) is 32.1 Å². The second-order valence-electron chi connectivity index (χ2n) is 4.98. The second kappa shape index (κ2) is 5.99. The maximum atomic E-state index is 11.4. The van der Waals surface area contributed by atoms with Crippen molar-refractivity contribution in [3.63, 3.8) is 0 Å². The minimum atomic E-state index is -0.0105. The van der Waals surface area contributed by atoms with Crippen molar-refractivity contribution in [2.24, 2.45) is 5.41 Å². The summed E-state index contributed by atoms with van der Waals surface area (Å²) in [5, 5.41) is 5.82. The largest absolute Gasteiger partial charge is 0.338 e. The van der Waals surface area contributed by atoms with Crippen molar-refractivity contribution in [1.29, 1.82) is 0 Å². The molecule has 3 nitrogen and oxygen atoms in total. The van der Waals surface area contributed by atoms with Gasteiger partial charge in [0.05, 0.1) is 0 Å². The van der Waals surface area contributed by atoms with Gasteiger partial charge in [-0.1, -0.05) is 33.1 Å². The maximum absolute atomic E-state index is 11.4. The van der Waals surface area contributed by atoms with E-state index in [0.717, 1.165) is 19.5 Å². The molecule has 1 aliphatic rings. The molecule has 0 aromatic heterocycles. The maximum Gasteiger partial charge on any atom is 0.314 e. The van der Waals surface area contributed by atoms with Crippen LogP contribution in [0.1, 0.15) is 52.4 Å². The SMILES string of the molecule is CCCNC(=O)NCC1(C)CCCCC1. The fourth-order valence-electron chi connectivity index (χ4n) is 2.18. The highest BCUT2D eigenvalue weighted by Gasteiger charge is 2.26. The van der Waals surface area contributed by atoms with Gasteiger partial charge in [0.15, 0.2) is 0 Å². The smallest absolute Gasteiger partial charge is 0.314 e. The molecule has 0 radical (unpaired) electrons. The highest BCUT2D eigenvalue weighted by atomic mass is 16.2. The molecule has 0 aromatic rings. The molecule has 0 aromatic carbocycles. The summed E-state index contributed by atoms with van der Waals surface area (Å²) in [4.78, 5) is 11.4. The van der Waals surface area contributed by atoms with Crippen molar-refractivity contribution in [2.75, 3.05) is 13.1 Å². The Labute approximate surface area is 93.0 Å². The third-order valence-corrected chi connectivity index (χ3v) is 3.27. The number of carbonyl (C=O) groups is 1. The van der Waals surface area contributed by atoms with E-state index < -0.39 is 0 Å². The van der Waals surface area contributed by atoms with Gasteiger partial charge in [-0.05, 0) is 24.7 Å². The summed E-state index contributed by atoms with van der Waals surface area (Å²) >= 11 is 0. The van der Waals surface area contributed by atoms with Gasteiger partial charge in [-0.2, -0.15) is 0 Å². The average Bonchev–Trinajstić information content (AvgIpc) is 2.25. The van der Waals surface area contributed by atoms with E-state index in [1.807, 2.05) is 0 Å².